The van der Waals surface area contributed by atoms with E-state index in [1.165, 1.54) is 0 Å². The fourth-order valence-electron chi connectivity index (χ4n) is 4.73. The van der Waals surface area contributed by atoms with E-state index in [-0.39, 0.29) is 11.6 Å². The van der Waals surface area contributed by atoms with Crippen LogP contribution < -0.4 is 5.56 Å². The average molecular weight is 419 g/mol. The van der Waals surface area contributed by atoms with E-state index in [9.17, 15) is 4.79 Å². The van der Waals surface area contributed by atoms with E-state index in [1.807, 2.05) is 34.9 Å². The van der Waals surface area contributed by atoms with Crippen LogP contribution in [0.2, 0.25) is 0 Å². The number of aromatic nitrogens is 2. The van der Waals surface area contributed by atoms with E-state index < -0.39 is 0 Å². The van der Waals surface area contributed by atoms with E-state index >= 15 is 0 Å². The lowest BCUT2D eigenvalue weighted by Crippen LogP contribution is -2.37. The number of benzene rings is 2. The Kier molecular flexibility index (Phi) is 6.83. The molecule has 3 aromatic rings. The predicted molar refractivity (Wildman–Crippen MR) is 128 cm³/mol. The number of fused-ring (bicyclic) bond motifs is 1. The van der Waals surface area contributed by atoms with Gasteiger partial charge in [0.15, 0.2) is 0 Å². The minimum atomic E-state index is 0.0772. The fraction of sp³-hybridized carbons (Fsp3) is 0.462. The van der Waals surface area contributed by atoms with Gasteiger partial charge in [-0.1, -0.05) is 49.7 Å². The maximum absolute atomic E-state index is 13.6. The zero-order valence-corrected chi connectivity index (χ0v) is 19.1. The standard InChI is InChI=1S/C26H34N4O/c1-4-10-24(29-16-9-15-28(3)17-18-29)25-27-23-14-13-21(20-11-7-6-8-12-20)19-22(23)26(31)30(25)5-2/h6-8,11-14,19,24H,4-5,9-10,15-18H2,1-3H3. The smallest absolute Gasteiger partial charge is 0.261 e. The molecule has 0 radical (unpaired) electrons. The van der Waals surface area contributed by atoms with Crippen LogP contribution in [0.1, 0.15) is 45.0 Å². The summed E-state index contributed by atoms with van der Waals surface area (Å²) in [5, 5.41) is 0.706. The SMILES string of the molecule is CCCC(c1nc2ccc(-c3ccccc3)cc2c(=O)n1CC)N1CCCN(C)CC1. The fourth-order valence-corrected chi connectivity index (χ4v) is 4.73. The Balaban J connectivity index is 1.80. The Morgan fingerprint density at radius 3 is 2.52 bits per heavy atom. The summed E-state index contributed by atoms with van der Waals surface area (Å²) < 4.78 is 1.91. The highest BCUT2D eigenvalue weighted by Gasteiger charge is 2.26. The first-order valence-electron chi connectivity index (χ1n) is 11.6. The average Bonchev–Trinajstić information content (AvgIpc) is 3.02. The zero-order chi connectivity index (χ0) is 21.8. The van der Waals surface area contributed by atoms with Gasteiger partial charge in [-0.05, 0) is 56.6 Å². The highest BCUT2D eigenvalue weighted by atomic mass is 16.1. The first-order valence-corrected chi connectivity index (χ1v) is 11.6. The van der Waals surface area contributed by atoms with Gasteiger partial charge >= 0.3 is 0 Å². The van der Waals surface area contributed by atoms with Gasteiger partial charge in [0.2, 0.25) is 0 Å². The molecule has 5 heteroatoms. The van der Waals surface area contributed by atoms with Gasteiger partial charge in [-0.25, -0.2) is 4.98 Å². The first kappa shape index (κ1) is 21.7. The van der Waals surface area contributed by atoms with Crippen molar-refractivity contribution in [2.45, 2.75) is 45.7 Å². The second-order valence-corrected chi connectivity index (χ2v) is 8.61. The van der Waals surface area contributed by atoms with Crippen molar-refractivity contribution in [3.8, 4) is 11.1 Å². The lowest BCUT2D eigenvalue weighted by atomic mass is 10.0. The summed E-state index contributed by atoms with van der Waals surface area (Å²) in [5.74, 6) is 0.930. The second kappa shape index (κ2) is 9.75. The Hall–Kier alpha value is -2.50. The van der Waals surface area contributed by atoms with E-state index in [2.05, 4.69) is 48.9 Å². The first-order chi connectivity index (χ1) is 15.1. The van der Waals surface area contributed by atoms with E-state index in [4.69, 9.17) is 4.98 Å². The molecule has 0 spiro atoms. The van der Waals surface area contributed by atoms with Crippen LogP contribution in [0.15, 0.2) is 53.3 Å². The van der Waals surface area contributed by atoms with Crippen LogP contribution in [0, 0.1) is 0 Å². The van der Waals surface area contributed by atoms with Gasteiger partial charge < -0.3 is 4.90 Å². The summed E-state index contributed by atoms with van der Waals surface area (Å²) in [6.45, 7) is 9.18. The Morgan fingerprint density at radius 2 is 1.77 bits per heavy atom. The largest absolute Gasteiger partial charge is 0.305 e. The minimum absolute atomic E-state index is 0.0772. The molecule has 31 heavy (non-hydrogen) atoms. The highest BCUT2D eigenvalue weighted by molar-refractivity contribution is 5.83. The summed E-state index contributed by atoms with van der Waals surface area (Å²) in [6.07, 6.45) is 3.24. The van der Waals surface area contributed by atoms with Crippen LogP contribution in [0.25, 0.3) is 22.0 Å². The number of hydrogen-bond donors (Lipinski definition) is 0. The molecule has 1 atom stereocenters. The molecule has 0 saturated carbocycles. The number of likely N-dealkylation sites (N-methyl/N-ethyl adjacent to an activating group) is 1. The Bertz CT molecular complexity index is 1080. The summed E-state index contributed by atoms with van der Waals surface area (Å²) in [7, 11) is 2.19. The topological polar surface area (TPSA) is 41.4 Å². The summed E-state index contributed by atoms with van der Waals surface area (Å²) in [4.78, 5) is 23.6. The number of nitrogens with zero attached hydrogens (tertiary/aromatic N) is 4. The summed E-state index contributed by atoms with van der Waals surface area (Å²) in [5.41, 5.74) is 3.06. The molecule has 164 valence electrons. The lowest BCUT2D eigenvalue weighted by molar-refractivity contribution is 0.180. The van der Waals surface area contributed by atoms with Crippen molar-refractivity contribution < 1.29 is 0 Å². The van der Waals surface area contributed by atoms with Gasteiger partial charge in [-0.3, -0.25) is 14.3 Å². The van der Waals surface area contributed by atoms with E-state index in [0.717, 1.165) is 67.9 Å². The molecule has 1 unspecified atom stereocenters. The van der Waals surface area contributed by atoms with Crippen LogP contribution >= 0.6 is 0 Å². The van der Waals surface area contributed by atoms with Gasteiger partial charge in [0.25, 0.3) is 5.56 Å². The molecule has 0 aliphatic carbocycles. The molecule has 0 bridgehead atoms. The van der Waals surface area contributed by atoms with Gasteiger partial charge in [0.1, 0.15) is 5.82 Å². The zero-order valence-electron chi connectivity index (χ0n) is 19.1. The molecule has 2 aromatic carbocycles. The molecule has 0 amide bonds. The third kappa shape index (κ3) is 4.58. The van der Waals surface area contributed by atoms with Crippen molar-refractivity contribution >= 4 is 10.9 Å². The predicted octanol–water partition coefficient (Wildman–Crippen LogP) is 4.56. The van der Waals surface area contributed by atoms with Gasteiger partial charge in [0.05, 0.1) is 16.9 Å². The third-order valence-electron chi connectivity index (χ3n) is 6.46. The molecule has 0 N–H and O–H groups in total. The molecule has 1 saturated heterocycles. The quantitative estimate of drug-likeness (QED) is 0.588. The molecule has 1 aliphatic rings. The van der Waals surface area contributed by atoms with Gasteiger partial charge in [-0.2, -0.15) is 0 Å². The molecule has 4 rings (SSSR count). The van der Waals surface area contributed by atoms with Crippen LogP contribution in [0.4, 0.5) is 0 Å². The van der Waals surface area contributed by atoms with Crippen LogP contribution in [-0.4, -0.2) is 52.6 Å². The molecule has 5 nitrogen and oxygen atoms in total. The maximum atomic E-state index is 13.6. The van der Waals surface area contributed by atoms with E-state index in [0.29, 0.717) is 11.9 Å². The lowest BCUT2D eigenvalue weighted by Gasteiger charge is -2.31. The summed E-state index contributed by atoms with van der Waals surface area (Å²) in [6, 6.07) is 16.5. The Labute approximate surface area is 185 Å². The second-order valence-electron chi connectivity index (χ2n) is 8.61. The normalized spacial score (nSPS) is 17.0. The summed E-state index contributed by atoms with van der Waals surface area (Å²) >= 11 is 0. The van der Waals surface area contributed by atoms with Crippen molar-refractivity contribution in [3.63, 3.8) is 0 Å². The van der Waals surface area contributed by atoms with Crippen LogP contribution in [0.3, 0.4) is 0 Å². The molecule has 2 heterocycles. The van der Waals surface area contributed by atoms with Crippen LogP contribution in [0.5, 0.6) is 0 Å². The number of rotatable bonds is 6. The Morgan fingerprint density at radius 1 is 0.968 bits per heavy atom. The molecule has 1 fully saturated rings. The molecular formula is C26H34N4O. The minimum Gasteiger partial charge on any atom is -0.305 e. The molecular weight excluding hydrogens is 384 g/mol. The number of hydrogen-bond acceptors (Lipinski definition) is 4. The van der Waals surface area contributed by atoms with E-state index in [1.54, 1.807) is 0 Å². The van der Waals surface area contributed by atoms with Crippen molar-refractivity contribution in [3.05, 3.63) is 64.7 Å². The van der Waals surface area contributed by atoms with Gasteiger partial charge in [0, 0.05) is 26.2 Å². The van der Waals surface area contributed by atoms with Crippen molar-refractivity contribution in [2.24, 2.45) is 0 Å². The highest BCUT2D eigenvalue weighted by Crippen LogP contribution is 2.28. The van der Waals surface area contributed by atoms with Gasteiger partial charge in [-0.15, -0.1) is 0 Å². The molecule has 1 aliphatic heterocycles. The third-order valence-corrected chi connectivity index (χ3v) is 6.46. The van der Waals surface area contributed by atoms with Crippen LogP contribution in [-0.2, 0) is 6.54 Å². The van der Waals surface area contributed by atoms with Crippen molar-refractivity contribution in [1.82, 2.24) is 19.4 Å². The molecule has 1 aromatic heterocycles. The monoisotopic (exact) mass is 418 g/mol. The van der Waals surface area contributed by atoms with Crippen molar-refractivity contribution in [1.29, 1.82) is 0 Å². The van der Waals surface area contributed by atoms with Crippen molar-refractivity contribution in [2.75, 3.05) is 33.2 Å². The maximum Gasteiger partial charge on any atom is 0.261 e.